The van der Waals surface area contributed by atoms with Crippen LogP contribution in [-0.4, -0.2) is 61.8 Å². The Kier molecular flexibility index (Phi) is 3.89. The van der Waals surface area contributed by atoms with Crippen LogP contribution >= 0.6 is 0 Å². The van der Waals surface area contributed by atoms with Crippen molar-refractivity contribution in [3.05, 3.63) is 41.4 Å². The highest BCUT2D eigenvalue weighted by molar-refractivity contribution is 6.10. The third-order valence-electron chi connectivity index (χ3n) is 6.64. The molecule has 2 aromatic heterocycles. The summed E-state index contributed by atoms with van der Waals surface area (Å²) in [4.78, 5) is 35.5. The van der Waals surface area contributed by atoms with E-state index in [4.69, 9.17) is 5.73 Å². The molecule has 1 spiro atoms. The number of nitrogens with zero attached hydrogens (tertiary/aromatic N) is 5. The highest BCUT2D eigenvalue weighted by Crippen LogP contribution is 2.44. The normalized spacial score (nSPS) is 20.9. The number of carbonyl (C=O) groups excluding carboxylic acids is 2. The van der Waals surface area contributed by atoms with Gasteiger partial charge in [0.2, 0.25) is 0 Å². The maximum Gasteiger partial charge on any atom is 0.346 e. The average molecular weight is 411 g/mol. The second-order valence-electron chi connectivity index (χ2n) is 8.16. The zero-order valence-electron chi connectivity index (χ0n) is 16.8. The fraction of sp³-hybridized carbons (Fsp3) is 0.400. The summed E-state index contributed by atoms with van der Waals surface area (Å²) < 4.78 is 16.5. The number of hydrogen-bond acceptors (Lipinski definition) is 5. The molecule has 5 rings (SSSR count). The summed E-state index contributed by atoms with van der Waals surface area (Å²) in [7, 11) is 0. The van der Waals surface area contributed by atoms with Crippen molar-refractivity contribution >= 4 is 28.5 Å². The molecule has 1 unspecified atom stereocenters. The number of aryl methyl sites for hydroxylation is 2. The number of aromatic nitrogens is 4. The summed E-state index contributed by atoms with van der Waals surface area (Å²) in [6.07, 6.45) is 4.29. The first-order chi connectivity index (χ1) is 14.3. The number of likely N-dealkylation sites (tertiary alicyclic amines) is 1. The lowest BCUT2D eigenvalue weighted by Gasteiger charge is -2.50. The fourth-order valence-corrected chi connectivity index (χ4v) is 4.85. The van der Waals surface area contributed by atoms with Gasteiger partial charge in [-0.2, -0.15) is 9.78 Å². The molecule has 0 radical (unpaired) electrons. The fourth-order valence-electron chi connectivity index (χ4n) is 4.85. The number of rotatable bonds is 2. The highest BCUT2D eigenvalue weighted by atomic mass is 19.1. The van der Waals surface area contributed by atoms with E-state index in [1.54, 1.807) is 4.90 Å². The van der Waals surface area contributed by atoms with Gasteiger partial charge in [0.15, 0.2) is 0 Å². The molecule has 0 aliphatic carbocycles. The van der Waals surface area contributed by atoms with E-state index >= 15 is 4.39 Å². The molecule has 30 heavy (non-hydrogen) atoms. The molecule has 2 aliphatic heterocycles. The van der Waals surface area contributed by atoms with Gasteiger partial charge >= 0.3 is 6.03 Å². The summed E-state index contributed by atoms with van der Waals surface area (Å²) in [6.45, 7) is 5.54. The van der Waals surface area contributed by atoms with Crippen molar-refractivity contribution in [3.8, 4) is 0 Å². The Balaban J connectivity index is 1.54. The standard InChI is InChI=1S/C20H22FN7O2/c1-11-12(2)25-16-13(18(22)29)7-14(21)17(15(11)16)26-5-3-20(8-26)4-6-27(20)19(30)28-10-23-9-24-28/h7,9-10,25H,3-6,8H2,1-2H3,(H2,22,29). The van der Waals surface area contributed by atoms with Crippen molar-refractivity contribution in [2.45, 2.75) is 32.2 Å². The van der Waals surface area contributed by atoms with Crippen LogP contribution in [0.2, 0.25) is 0 Å². The van der Waals surface area contributed by atoms with Crippen LogP contribution in [-0.2, 0) is 0 Å². The first kappa shape index (κ1) is 18.6. The highest BCUT2D eigenvalue weighted by Gasteiger charge is 2.52. The number of fused-ring (bicyclic) bond motifs is 1. The smallest absolute Gasteiger partial charge is 0.346 e. The van der Waals surface area contributed by atoms with Gasteiger partial charge in [-0.1, -0.05) is 0 Å². The van der Waals surface area contributed by atoms with E-state index in [0.29, 0.717) is 36.2 Å². The Morgan fingerprint density at radius 1 is 1.27 bits per heavy atom. The molecule has 2 aliphatic rings. The quantitative estimate of drug-likeness (QED) is 0.669. The van der Waals surface area contributed by atoms with Crippen molar-refractivity contribution in [3.63, 3.8) is 0 Å². The molecule has 2 fully saturated rings. The monoisotopic (exact) mass is 411 g/mol. The van der Waals surface area contributed by atoms with E-state index < -0.39 is 11.7 Å². The molecule has 10 heteroatoms. The van der Waals surface area contributed by atoms with Crippen LogP contribution in [0.4, 0.5) is 14.9 Å². The van der Waals surface area contributed by atoms with Crippen molar-refractivity contribution < 1.29 is 14.0 Å². The summed E-state index contributed by atoms with van der Waals surface area (Å²) in [5, 5.41) is 4.61. The molecule has 1 atom stereocenters. The SMILES string of the molecule is Cc1[nH]c2c(C(N)=O)cc(F)c(N3CCC4(CCN4C(=O)n4cncn4)C3)c2c1C. The molecule has 4 heterocycles. The predicted molar refractivity (Wildman–Crippen MR) is 108 cm³/mol. The Labute approximate surface area is 171 Å². The minimum Gasteiger partial charge on any atom is -0.366 e. The number of hydrogen-bond donors (Lipinski definition) is 2. The van der Waals surface area contributed by atoms with Crippen LogP contribution in [0.1, 0.15) is 34.5 Å². The van der Waals surface area contributed by atoms with Gasteiger partial charge < -0.3 is 20.5 Å². The van der Waals surface area contributed by atoms with Crippen LogP contribution in [0.25, 0.3) is 10.9 Å². The van der Waals surface area contributed by atoms with Crippen LogP contribution in [0.15, 0.2) is 18.7 Å². The number of benzene rings is 1. The van der Waals surface area contributed by atoms with Crippen molar-refractivity contribution in [1.82, 2.24) is 24.6 Å². The average Bonchev–Trinajstić information content (AvgIpc) is 3.42. The Bertz CT molecular complexity index is 1190. The predicted octanol–water partition coefficient (Wildman–Crippen LogP) is 1.94. The maximum absolute atomic E-state index is 15.3. The number of amides is 2. The van der Waals surface area contributed by atoms with Gasteiger partial charge in [-0.3, -0.25) is 4.79 Å². The van der Waals surface area contributed by atoms with E-state index in [1.165, 1.54) is 23.4 Å². The Morgan fingerprint density at radius 2 is 2.03 bits per heavy atom. The van der Waals surface area contributed by atoms with Crippen LogP contribution < -0.4 is 10.6 Å². The summed E-state index contributed by atoms with van der Waals surface area (Å²) in [5.41, 5.74) is 8.02. The first-order valence-corrected chi connectivity index (χ1v) is 9.85. The lowest BCUT2D eigenvalue weighted by Crippen LogP contribution is -2.64. The van der Waals surface area contributed by atoms with E-state index in [2.05, 4.69) is 15.1 Å². The van der Waals surface area contributed by atoms with Crippen LogP contribution in [0.5, 0.6) is 0 Å². The van der Waals surface area contributed by atoms with Gasteiger partial charge in [0.05, 0.1) is 22.3 Å². The van der Waals surface area contributed by atoms with E-state index in [9.17, 15) is 9.59 Å². The molecule has 9 nitrogen and oxygen atoms in total. The van der Waals surface area contributed by atoms with Crippen LogP contribution in [0.3, 0.4) is 0 Å². The van der Waals surface area contributed by atoms with Gasteiger partial charge in [-0.25, -0.2) is 14.2 Å². The topological polar surface area (TPSA) is 113 Å². The molecule has 0 saturated carbocycles. The molecule has 3 aromatic rings. The minimum absolute atomic E-state index is 0.142. The van der Waals surface area contributed by atoms with Gasteiger partial charge in [0.25, 0.3) is 5.91 Å². The van der Waals surface area contributed by atoms with Crippen molar-refractivity contribution in [2.75, 3.05) is 24.5 Å². The Hall–Kier alpha value is -3.43. The molecule has 3 N–H and O–H groups in total. The van der Waals surface area contributed by atoms with Crippen molar-refractivity contribution in [1.29, 1.82) is 0 Å². The largest absolute Gasteiger partial charge is 0.366 e. The molecule has 1 aromatic carbocycles. The van der Waals surface area contributed by atoms with Crippen LogP contribution in [0, 0.1) is 19.7 Å². The number of nitrogens with one attached hydrogen (secondary N) is 1. The minimum atomic E-state index is -0.673. The van der Waals surface area contributed by atoms with Crippen molar-refractivity contribution in [2.24, 2.45) is 5.73 Å². The summed E-state index contributed by atoms with van der Waals surface area (Å²) >= 11 is 0. The van der Waals surface area contributed by atoms with Gasteiger partial charge in [0, 0.05) is 30.7 Å². The number of anilines is 1. The number of aromatic amines is 1. The van der Waals surface area contributed by atoms with Gasteiger partial charge in [-0.15, -0.1) is 0 Å². The first-order valence-electron chi connectivity index (χ1n) is 9.85. The molecule has 2 amide bonds. The Morgan fingerprint density at radius 3 is 2.67 bits per heavy atom. The second-order valence-corrected chi connectivity index (χ2v) is 8.16. The number of carbonyl (C=O) groups is 2. The zero-order valence-corrected chi connectivity index (χ0v) is 16.8. The number of H-pyrrole nitrogens is 1. The van der Waals surface area contributed by atoms with Gasteiger partial charge in [0.1, 0.15) is 18.5 Å². The van der Waals surface area contributed by atoms with Gasteiger partial charge in [-0.05, 0) is 38.3 Å². The summed E-state index contributed by atoms with van der Waals surface area (Å²) in [5.74, 6) is -1.16. The van der Waals surface area contributed by atoms with E-state index in [0.717, 1.165) is 24.1 Å². The third kappa shape index (κ3) is 2.45. The second kappa shape index (κ2) is 6.28. The molecule has 156 valence electrons. The molecule has 0 bridgehead atoms. The van der Waals surface area contributed by atoms with E-state index in [1.807, 2.05) is 18.7 Å². The van der Waals surface area contributed by atoms with E-state index in [-0.39, 0.29) is 17.1 Å². The molecular weight excluding hydrogens is 389 g/mol. The maximum atomic E-state index is 15.3. The molecular formula is C20H22FN7O2. The number of halogens is 1. The number of primary amides is 1. The summed E-state index contributed by atoms with van der Waals surface area (Å²) in [6, 6.07) is 0.989. The number of nitrogens with two attached hydrogens (primary N) is 1. The zero-order chi connectivity index (χ0) is 21.2. The lowest BCUT2D eigenvalue weighted by molar-refractivity contribution is 0.0400. The molecule has 2 saturated heterocycles. The third-order valence-corrected chi connectivity index (χ3v) is 6.64. The lowest BCUT2D eigenvalue weighted by atomic mass is 9.84.